The molecule has 1 aromatic rings. The van der Waals surface area contributed by atoms with Crippen molar-refractivity contribution in [1.29, 1.82) is 0 Å². The van der Waals surface area contributed by atoms with Gasteiger partial charge in [0.15, 0.2) is 0 Å². The van der Waals surface area contributed by atoms with E-state index >= 15 is 0 Å². The molecular weight excluding hydrogens is 200 g/mol. The minimum absolute atomic E-state index is 0.0267. The van der Waals surface area contributed by atoms with Crippen molar-refractivity contribution in [2.45, 2.75) is 26.2 Å². The molecule has 0 N–H and O–H groups in total. The fraction of sp³-hybridized carbons (Fsp3) is 0.429. The zero-order valence-electron chi connectivity index (χ0n) is 9.48. The van der Waals surface area contributed by atoms with Crippen LogP contribution in [0.1, 0.15) is 25.3 Å². The normalized spacial score (nSPS) is 24.7. The van der Waals surface area contributed by atoms with Gasteiger partial charge in [0.1, 0.15) is 11.6 Å². The summed E-state index contributed by atoms with van der Waals surface area (Å²) in [5, 5.41) is 0. The molecule has 0 aliphatic heterocycles. The topological polar surface area (TPSA) is 34.1 Å². The van der Waals surface area contributed by atoms with Gasteiger partial charge in [-0.2, -0.15) is 0 Å². The third-order valence-corrected chi connectivity index (χ3v) is 3.37. The second kappa shape index (κ2) is 4.60. The van der Waals surface area contributed by atoms with Crippen LogP contribution in [0.4, 0.5) is 0 Å². The third kappa shape index (κ3) is 2.38. The van der Waals surface area contributed by atoms with Crippen LogP contribution in [-0.4, -0.2) is 11.6 Å². The second-order valence-corrected chi connectivity index (χ2v) is 4.60. The molecule has 0 heterocycles. The first-order valence-corrected chi connectivity index (χ1v) is 5.74. The smallest absolute Gasteiger partial charge is 0.137 e. The summed E-state index contributed by atoms with van der Waals surface area (Å²) in [5.74, 6) is 0.436. The summed E-state index contributed by atoms with van der Waals surface area (Å²) in [7, 11) is 0. The maximum absolute atomic E-state index is 11.7. The van der Waals surface area contributed by atoms with E-state index in [4.69, 9.17) is 0 Å². The molecule has 1 fully saturated rings. The Balaban J connectivity index is 2.02. The molecular formula is C14H16O2. The number of hydrogen-bond acceptors (Lipinski definition) is 2. The first-order chi connectivity index (χ1) is 7.66. The Morgan fingerprint density at radius 2 is 2.00 bits per heavy atom. The molecule has 1 aliphatic rings. The molecule has 0 bridgehead atoms. The van der Waals surface area contributed by atoms with Gasteiger partial charge in [0.2, 0.25) is 0 Å². The molecule has 0 radical (unpaired) electrons. The van der Waals surface area contributed by atoms with E-state index in [9.17, 15) is 9.59 Å². The van der Waals surface area contributed by atoms with Crippen LogP contribution < -0.4 is 0 Å². The van der Waals surface area contributed by atoms with Crippen LogP contribution in [0.25, 0.3) is 0 Å². The average Bonchev–Trinajstić information content (AvgIpc) is 2.62. The van der Waals surface area contributed by atoms with Crippen molar-refractivity contribution in [3.63, 3.8) is 0 Å². The first-order valence-electron chi connectivity index (χ1n) is 5.74. The Morgan fingerprint density at radius 1 is 1.31 bits per heavy atom. The average molecular weight is 216 g/mol. The maximum Gasteiger partial charge on any atom is 0.137 e. The van der Waals surface area contributed by atoms with Crippen molar-refractivity contribution in [3.8, 4) is 0 Å². The zero-order valence-corrected chi connectivity index (χ0v) is 9.48. The molecule has 1 aromatic carbocycles. The lowest BCUT2D eigenvalue weighted by atomic mass is 9.95. The number of Topliss-reactive ketones (excluding diaryl/α,β-unsaturated/α-hetero) is 2. The standard InChI is InChI=1S/C14H16O2/c1-10(15)12-8-13(14(16)9-12)7-11-5-3-2-4-6-11/h2-6,12-13H,7-9H2,1H3/t12-,13-/m0/s1. The predicted octanol–water partition coefficient (Wildman–Crippen LogP) is 2.41. The number of carbonyl (C=O) groups is 2. The Morgan fingerprint density at radius 3 is 2.56 bits per heavy atom. The summed E-state index contributed by atoms with van der Waals surface area (Å²) in [6.07, 6.45) is 1.97. The van der Waals surface area contributed by atoms with Gasteiger partial charge < -0.3 is 0 Å². The lowest BCUT2D eigenvalue weighted by Gasteiger charge is -2.08. The van der Waals surface area contributed by atoms with Gasteiger partial charge in [0.25, 0.3) is 0 Å². The van der Waals surface area contributed by atoms with E-state index in [1.807, 2.05) is 30.3 Å². The molecule has 2 atom stereocenters. The van der Waals surface area contributed by atoms with Crippen molar-refractivity contribution in [3.05, 3.63) is 35.9 Å². The highest BCUT2D eigenvalue weighted by Gasteiger charge is 2.34. The molecule has 84 valence electrons. The molecule has 0 saturated heterocycles. The molecule has 0 unspecified atom stereocenters. The molecule has 16 heavy (non-hydrogen) atoms. The van der Waals surface area contributed by atoms with E-state index in [-0.39, 0.29) is 23.4 Å². The Bertz CT molecular complexity index is 394. The number of carbonyl (C=O) groups excluding carboxylic acids is 2. The molecule has 2 heteroatoms. The lowest BCUT2D eigenvalue weighted by molar-refractivity contribution is -0.124. The van der Waals surface area contributed by atoms with Gasteiger partial charge in [-0.25, -0.2) is 0 Å². The monoisotopic (exact) mass is 216 g/mol. The molecule has 1 saturated carbocycles. The third-order valence-electron chi connectivity index (χ3n) is 3.37. The molecule has 1 aliphatic carbocycles. The van der Waals surface area contributed by atoms with Gasteiger partial charge in [-0.3, -0.25) is 9.59 Å². The van der Waals surface area contributed by atoms with E-state index in [0.29, 0.717) is 6.42 Å². The largest absolute Gasteiger partial charge is 0.300 e. The first kappa shape index (κ1) is 11.1. The van der Waals surface area contributed by atoms with Gasteiger partial charge >= 0.3 is 0 Å². The number of rotatable bonds is 3. The summed E-state index contributed by atoms with van der Waals surface area (Å²) in [6.45, 7) is 1.59. The van der Waals surface area contributed by atoms with Gasteiger partial charge in [-0.1, -0.05) is 30.3 Å². The van der Waals surface area contributed by atoms with Crippen LogP contribution in [0.2, 0.25) is 0 Å². The number of ketones is 2. The highest BCUT2D eigenvalue weighted by atomic mass is 16.1. The summed E-state index contributed by atoms with van der Waals surface area (Å²) in [4.78, 5) is 23.0. The Labute approximate surface area is 95.7 Å². The molecule has 0 spiro atoms. The van der Waals surface area contributed by atoms with Crippen LogP contribution in [0.15, 0.2) is 30.3 Å². The maximum atomic E-state index is 11.7. The van der Waals surface area contributed by atoms with Crippen LogP contribution in [0.5, 0.6) is 0 Å². The van der Waals surface area contributed by atoms with E-state index in [1.165, 1.54) is 5.56 Å². The van der Waals surface area contributed by atoms with Crippen LogP contribution >= 0.6 is 0 Å². The number of benzene rings is 1. The fourth-order valence-electron chi connectivity index (χ4n) is 2.37. The number of hydrogen-bond donors (Lipinski definition) is 0. The second-order valence-electron chi connectivity index (χ2n) is 4.60. The van der Waals surface area contributed by atoms with Gasteiger partial charge in [-0.05, 0) is 25.3 Å². The van der Waals surface area contributed by atoms with E-state index in [2.05, 4.69) is 0 Å². The zero-order chi connectivity index (χ0) is 11.5. The highest BCUT2D eigenvalue weighted by Crippen LogP contribution is 2.30. The highest BCUT2D eigenvalue weighted by molar-refractivity contribution is 5.91. The summed E-state index contributed by atoms with van der Waals surface area (Å²) < 4.78 is 0. The fourth-order valence-corrected chi connectivity index (χ4v) is 2.37. The minimum atomic E-state index is -0.0267. The molecule has 2 rings (SSSR count). The van der Waals surface area contributed by atoms with Gasteiger partial charge in [0, 0.05) is 18.3 Å². The van der Waals surface area contributed by atoms with E-state index in [1.54, 1.807) is 6.92 Å². The van der Waals surface area contributed by atoms with Crippen molar-refractivity contribution in [2.75, 3.05) is 0 Å². The SMILES string of the molecule is CC(=O)[C@@H]1CC(=O)[C@@H](Cc2ccccc2)C1. The summed E-state index contributed by atoms with van der Waals surface area (Å²) >= 11 is 0. The molecule has 2 nitrogen and oxygen atoms in total. The van der Waals surface area contributed by atoms with Crippen molar-refractivity contribution < 1.29 is 9.59 Å². The van der Waals surface area contributed by atoms with Gasteiger partial charge in [0.05, 0.1) is 0 Å². The van der Waals surface area contributed by atoms with Crippen LogP contribution in [-0.2, 0) is 16.0 Å². The Kier molecular flexibility index (Phi) is 3.18. The quantitative estimate of drug-likeness (QED) is 0.777. The van der Waals surface area contributed by atoms with E-state index in [0.717, 1.165) is 12.8 Å². The van der Waals surface area contributed by atoms with Crippen molar-refractivity contribution in [2.24, 2.45) is 11.8 Å². The Hall–Kier alpha value is -1.44. The molecule has 0 amide bonds. The van der Waals surface area contributed by atoms with Crippen LogP contribution in [0.3, 0.4) is 0 Å². The summed E-state index contributed by atoms with van der Waals surface area (Å²) in [6, 6.07) is 10.0. The van der Waals surface area contributed by atoms with Gasteiger partial charge in [-0.15, -0.1) is 0 Å². The molecule has 0 aromatic heterocycles. The minimum Gasteiger partial charge on any atom is -0.300 e. The van der Waals surface area contributed by atoms with Crippen LogP contribution in [0, 0.1) is 11.8 Å². The van der Waals surface area contributed by atoms with Crippen molar-refractivity contribution >= 4 is 11.6 Å². The van der Waals surface area contributed by atoms with E-state index < -0.39 is 0 Å². The van der Waals surface area contributed by atoms with Crippen molar-refractivity contribution in [1.82, 2.24) is 0 Å². The summed E-state index contributed by atoms with van der Waals surface area (Å²) in [5.41, 5.74) is 1.19. The predicted molar refractivity (Wildman–Crippen MR) is 62.0 cm³/mol. The lowest BCUT2D eigenvalue weighted by Crippen LogP contribution is -2.09.